The van der Waals surface area contributed by atoms with Crippen LogP contribution in [0.5, 0.6) is 5.75 Å². The third-order valence-corrected chi connectivity index (χ3v) is 5.50. The fourth-order valence-corrected chi connectivity index (χ4v) is 3.68. The van der Waals surface area contributed by atoms with Gasteiger partial charge in [0.15, 0.2) is 0 Å². The second-order valence-corrected chi connectivity index (χ2v) is 8.12. The largest absolute Gasteiger partial charge is 0.507 e. The highest BCUT2D eigenvalue weighted by Gasteiger charge is 2.11. The first-order chi connectivity index (χ1) is 14.7. The Morgan fingerprint density at radius 1 is 0.833 bits per heavy atom. The maximum absolute atomic E-state index is 12.3. The lowest BCUT2D eigenvalue weighted by Gasteiger charge is -2.09. The molecule has 0 saturated heterocycles. The molecule has 0 aliphatic heterocycles. The van der Waals surface area contributed by atoms with Gasteiger partial charge in [-0.3, -0.25) is 4.79 Å². The zero-order chi connectivity index (χ0) is 21.4. The van der Waals surface area contributed by atoms with Crippen molar-refractivity contribution in [3.8, 4) is 5.75 Å². The van der Waals surface area contributed by atoms with Gasteiger partial charge in [-0.2, -0.15) is 0 Å². The number of fused-ring (bicyclic) bond motifs is 1. The predicted octanol–water partition coefficient (Wildman–Crippen LogP) is 6.60. The van der Waals surface area contributed by atoms with Crippen molar-refractivity contribution >= 4 is 16.7 Å². The average molecular weight is 414 g/mol. The molecule has 0 saturated carbocycles. The number of ether oxygens (including phenoxy) is 1. The van der Waals surface area contributed by atoms with Crippen molar-refractivity contribution in [2.45, 2.75) is 77.6 Å². The van der Waals surface area contributed by atoms with Crippen LogP contribution >= 0.6 is 0 Å². The number of carbonyl (C=O) groups excluding carboxylic acids is 1. The fraction of sp³-hybridized carbons (Fsp3) is 0.577. The average Bonchev–Trinajstić information content (AvgIpc) is 2.75. The molecule has 4 heteroatoms. The minimum absolute atomic E-state index is 0.0170. The van der Waals surface area contributed by atoms with Crippen molar-refractivity contribution in [2.75, 3.05) is 19.8 Å². The van der Waals surface area contributed by atoms with E-state index in [0.717, 1.165) is 30.2 Å². The summed E-state index contributed by atoms with van der Waals surface area (Å²) in [6, 6.07) is 11.1. The summed E-state index contributed by atoms with van der Waals surface area (Å²) in [5, 5.41) is 14.9. The number of phenols is 1. The van der Waals surface area contributed by atoms with Gasteiger partial charge in [-0.05, 0) is 35.7 Å². The molecule has 0 radical (unpaired) electrons. The molecule has 0 spiro atoms. The molecular weight excluding hydrogens is 374 g/mol. The van der Waals surface area contributed by atoms with Gasteiger partial charge < -0.3 is 15.2 Å². The fourth-order valence-electron chi connectivity index (χ4n) is 3.68. The van der Waals surface area contributed by atoms with Crippen LogP contribution in [0.15, 0.2) is 36.4 Å². The molecule has 2 rings (SSSR count). The summed E-state index contributed by atoms with van der Waals surface area (Å²) in [5.41, 5.74) is 0.319. The first-order valence-electron chi connectivity index (χ1n) is 11.8. The number of amides is 1. The van der Waals surface area contributed by atoms with Gasteiger partial charge in [-0.15, -0.1) is 0 Å². The summed E-state index contributed by atoms with van der Waals surface area (Å²) in [6.45, 7) is 4.26. The van der Waals surface area contributed by atoms with E-state index in [1.807, 2.05) is 24.3 Å². The Labute approximate surface area is 182 Å². The highest BCUT2D eigenvalue weighted by atomic mass is 16.5. The van der Waals surface area contributed by atoms with Gasteiger partial charge in [0, 0.05) is 19.8 Å². The first-order valence-corrected chi connectivity index (χ1v) is 11.8. The van der Waals surface area contributed by atoms with E-state index in [2.05, 4.69) is 12.2 Å². The Bertz CT molecular complexity index is 744. The number of unbranched alkanes of at least 4 members (excludes halogenated alkanes) is 9. The summed E-state index contributed by atoms with van der Waals surface area (Å²) < 4.78 is 5.67. The molecule has 4 nitrogen and oxygen atoms in total. The summed E-state index contributed by atoms with van der Waals surface area (Å²) in [5.74, 6) is -0.226. The highest BCUT2D eigenvalue weighted by Crippen LogP contribution is 2.24. The molecule has 0 aliphatic carbocycles. The maximum atomic E-state index is 12.3. The Balaban J connectivity index is 1.46. The molecular formula is C26H39NO3. The van der Waals surface area contributed by atoms with Crippen LogP contribution in [0, 0.1) is 0 Å². The molecule has 0 aromatic heterocycles. The molecule has 2 aromatic rings. The topological polar surface area (TPSA) is 58.6 Å². The summed E-state index contributed by atoms with van der Waals surface area (Å²) >= 11 is 0. The number of benzene rings is 2. The van der Waals surface area contributed by atoms with Gasteiger partial charge in [0.2, 0.25) is 0 Å². The molecule has 1 amide bonds. The minimum Gasteiger partial charge on any atom is -0.507 e. The zero-order valence-electron chi connectivity index (χ0n) is 18.6. The number of rotatable bonds is 16. The zero-order valence-corrected chi connectivity index (χ0v) is 18.6. The Hall–Kier alpha value is -2.07. The lowest BCUT2D eigenvalue weighted by molar-refractivity contribution is 0.0937. The summed E-state index contributed by atoms with van der Waals surface area (Å²) in [6.07, 6.45) is 14.0. The van der Waals surface area contributed by atoms with Crippen molar-refractivity contribution in [3.63, 3.8) is 0 Å². The van der Waals surface area contributed by atoms with Gasteiger partial charge in [0.05, 0.1) is 5.56 Å². The van der Waals surface area contributed by atoms with Crippen LogP contribution in [0.3, 0.4) is 0 Å². The van der Waals surface area contributed by atoms with Crippen LogP contribution < -0.4 is 5.32 Å². The van der Waals surface area contributed by atoms with Gasteiger partial charge in [-0.1, -0.05) is 89.0 Å². The third-order valence-electron chi connectivity index (χ3n) is 5.50. The lowest BCUT2D eigenvalue weighted by atomic mass is 10.1. The van der Waals surface area contributed by atoms with E-state index >= 15 is 0 Å². The maximum Gasteiger partial charge on any atom is 0.255 e. The van der Waals surface area contributed by atoms with Crippen LogP contribution in [-0.2, 0) is 4.74 Å². The number of hydrogen-bond donors (Lipinski definition) is 2. The van der Waals surface area contributed by atoms with Crippen LogP contribution in [0.25, 0.3) is 10.8 Å². The number of nitrogens with one attached hydrogen (secondary N) is 1. The SMILES string of the molecule is CCCCCCCCCCCCOCCCNC(=O)c1cc2ccccc2cc1O. The van der Waals surface area contributed by atoms with Gasteiger partial charge >= 0.3 is 0 Å². The summed E-state index contributed by atoms with van der Waals surface area (Å²) in [7, 11) is 0. The van der Waals surface area contributed by atoms with Crippen molar-refractivity contribution < 1.29 is 14.6 Å². The molecule has 0 fully saturated rings. The van der Waals surface area contributed by atoms with Gasteiger partial charge in [0.25, 0.3) is 5.91 Å². The third kappa shape index (κ3) is 9.17. The Kier molecular flexibility index (Phi) is 12.0. The molecule has 2 N–H and O–H groups in total. The van der Waals surface area contributed by atoms with E-state index in [9.17, 15) is 9.90 Å². The van der Waals surface area contributed by atoms with E-state index in [4.69, 9.17) is 4.74 Å². The quantitative estimate of drug-likeness (QED) is 0.305. The lowest BCUT2D eigenvalue weighted by Crippen LogP contribution is -2.25. The molecule has 0 heterocycles. The highest BCUT2D eigenvalue weighted by molar-refractivity contribution is 6.01. The standard InChI is InChI=1S/C26H39NO3/c1-2-3-4-5-6-7-8-9-10-13-18-30-19-14-17-27-26(29)24-20-22-15-11-12-16-23(22)21-25(24)28/h11-12,15-16,20-21,28H,2-10,13-14,17-19H2,1H3,(H,27,29). The number of aromatic hydroxyl groups is 1. The van der Waals surface area contributed by atoms with Crippen molar-refractivity contribution in [1.29, 1.82) is 0 Å². The van der Waals surface area contributed by atoms with Gasteiger partial charge in [0.1, 0.15) is 5.75 Å². The van der Waals surface area contributed by atoms with Crippen molar-refractivity contribution in [2.24, 2.45) is 0 Å². The molecule has 0 unspecified atom stereocenters. The molecule has 0 bridgehead atoms. The van der Waals surface area contributed by atoms with E-state index in [0.29, 0.717) is 18.7 Å². The molecule has 30 heavy (non-hydrogen) atoms. The molecule has 0 aliphatic rings. The monoisotopic (exact) mass is 413 g/mol. The molecule has 2 aromatic carbocycles. The molecule has 0 atom stereocenters. The van der Waals surface area contributed by atoms with E-state index in [-0.39, 0.29) is 11.7 Å². The Morgan fingerprint density at radius 3 is 2.07 bits per heavy atom. The first kappa shape index (κ1) is 24.2. The second-order valence-electron chi connectivity index (χ2n) is 8.12. The molecule has 166 valence electrons. The Morgan fingerprint density at radius 2 is 1.40 bits per heavy atom. The number of carbonyl (C=O) groups is 1. The predicted molar refractivity (Wildman–Crippen MR) is 125 cm³/mol. The van der Waals surface area contributed by atoms with Crippen molar-refractivity contribution in [1.82, 2.24) is 5.32 Å². The number of phenolic OH excluding ortho intramolecular Hbond substituents is 1. The smallest absolute Gasteiger partial charge is 0.255 e. The second kappa shape index (κ2) is 14.8. The minimum atomic E-state index is -0.243. The van der Waals surface area contributed by atoms with Gasteiger partial charge in [-0.25, -0.2) is 0 Å². The van der Waals surface area contributed by atoms with Crippen molar-refractivity contribution in [3.05, 3.63) is 42.0 Å². The number of hydrogen-bond acceptors (Lipinski definition) is 3. The van der Waals surface area contributed by atoms with E-state index < -0.39 is 0 Å². The normalized spacial score (nSPS) is 11.1. The summed E-state index contributed by atoms with van der Waals surface area (Å²) in [4.78, 5) is 12.3. The van der Waals surface area contributed by atoms with E-state index in [1.165, 1.54) is 57.8 Å². The van der Waals surface area contributed by atoms with Crippen LogP contribution in [0.4, 0.5) is 0 Å². The van der Waals surface area contributed by atoms with Crippen LogP contribution in [0.1, 0.15) is 87.9 Å². The van der Waals surface area contributed by atoms with Crippen LogP contribution in [-0.4, -0.2) is 30.8 Å². The van der Waals surface area contributed by atoms with E-state index in [1.54, 1.807) is 12.1 Å². The van der Waals surface area contributed by atoms with Crippen LogP contribution in [0.2, 0.25) is 0 Å².